The van der Waals surface area contributed by atoms with Crippen molar-refractivity contribution in [3.05, 3.63) is 76.3 Å². The SMILES string of the molecule is COc1ccc(Br)cc1C(=O)NC(=S)Nc1ccc2oc(-c3ccccc3C)nc2c1. The Morgan fingerprint density at radius 2 is 1.94 bits per heavy atom. The van der Waals surface area contributed by atoms with Crippen molar-refractivity contribution in [1.29, 1.82) is 0 Å². The van der Waals surface area contributed by atoms with Crippen molar-refractivity contribution in [3.63, 3.8) is 0 Å². The number of aromatic nitrogens is 1. The Balaban J connectivity index is 1.51. The van der Waals surface area contributed by atoms with Crippen molar-refractivity contribution >= 4 is 56.0 Å². The average molecular weight is 496 g/mol. The van der Waals surface area contributed by atoms with Gasteiger partial charge in [-0.15, -0.1) is 0 Å². The number of halogens is 1. The Morgan fingerprint density at radius 3 is 2.71 bits per heavy atom. The highest BCUT2D eigenvalue weighted by Crippen LogP contribution is 2.28. The second-order valence-electron chi connectivity index (χ2n) is 6.77. The molecule has 1 heterocycles. The molecular weight excluding hydrogens is 478 g/mol. The Labute approximate surface area is 192 Å². The first-order chi connectivity index (χ1) is 14.9. The largest absolute Gasteiger partial charge is 0.496 e. The minimum Gasteiger partial charge on any atom is -0.496 e. The molecular formula is C23H18BrN3O3S. The molecule has 8 heteroatoms. The first-order valence-corrected chi connectivity index (χ1v) is 10.6. The van der Waals surface area contributed by atoms with Gasteiger partial charge in [-0.1, -0.05) is 34.1 Å². The first kappa shape index (κ1) is 21.0. The number of ether oxygens (including phenoxy) is 1. The van der Waals surface area contributed by atoms with Crippen LogP contribution in [0.3, 0.4) is 0 Å². The minimum atomic E-state index is -0.375. The predicted molar refractivity (Wildman–Crippen MR) is 129 cm³/mol. The molecule has 4 aromatic rings. The third-order valence-corrected chi connectivity index (χ3v) is 5.35. The normalized spacial score (nSPS) is 10.7. The Morgan fingerprint density at radius 1 is 1.13 bits per heavy atom. The third kappa shape index (κ3) is 4.60. The van der Waals surface area contributed by atoms with E-state index in [0.717, 1.165) is 15.6 Å². The third-order valence-electron chi connectivity index (χ3n) is 4.65. The summed E-state index contributed by atoms with van der Waals surface area (Å²) in [5.41, 5.74) is 4.43. The van der Waals surface area contributed by atoms with E-state index in [0.29, 0.717) is 34.0 Å². The van der Waals surface area contributed by atoms with Crippen LogP contribution in [0, 0.1) is 6.92 Å². The number of fused-ring (bicyclic) bond motifs is 1. The van der Waals surface area contributed by atoms with Crippen LogP contribution in [0.5, 0.6) is 5.75 Å². The molecule has 0 bridgehead atoms. The second-order valence-corrected chi connectivity index (χ2v) is 8.09. The molecule has 156 valence electrons. The Bertz CT molecular complexity index is 1300. The van der Waals surface area contributed by atoms with Crippen LogP contribution in [-0.2, 0) is 0 Å². The van der Waals surface area contributed by atoms with Gasteiger partial charge in [-0.25, -0.2) is 4.98 Å². The number of amides is 1. The lowest BCUT2D eigenvalue weighted by atomic mass is 10.1. The van der Waals surface area contributed by atoms with Gasteiger partial charge in [0.05, 0.1) is 12.7 Å². The zero-order chi connectivity index (χ0) is 22.0. The number of hydrogen-bond donors (Lipinski definition) is 2. The van der Waals surface area contributed by atoms with Gasteiger partial charge in [0, 0.05) is 15.7 Å². The van der Waals surface area contributed by atoms with Gasteiger partial charge in [0.1, 0.15) is 11.3 Å². The summed E-state index contributed by atoms with van der Waals surface area (Å²) < 4.78 is 11.9. The molecule has 0 spiro atoms. The van der Waals surface area contributed by atoms with E-state index in [1.807, 2.05) is 49.4 Å². The van der Waals surface area contributed by atoms with Crippen LogP contribution >= 0.6 is 28.1 Å². The summed E-state index contributed by atoms with van der Waals surface area (Å²) in [6.45, 7) is 2.01. The monoisotopic (exact) mass is 495 g/mol. The molecule has 0 aliphatic rings. The van der Waals surface area contributed by atoms with Crippen molar-refractivity contribution in [2.45, 2.75) is 6.92 Å². The molecule has 0 unspecified atom stereocenters. The van der Waals surface area contributed by atoms with Crippen LogP contribution in [0.2, 0.25) is 0 Å². The van der Waals surface area contributed by atoms with E-state index >= 15 is 0 Å². The molecule has 0 saturated carbocycles. The van der Waals surface area contributed by atoms with Gasteiger partial charge in [0.25, 0.3) is 5.91 Å². The number of rotatable bonds is 4. The molecule has 3 aromatic carbocycles. The molecule has 0 aliphatic carbocycles. The van der Waals surface area contributed by atoms with Gasteiger partial charge in [-0.3, -0.25) is 10.1 Å². The van der Waals surface area contributed by atoms with E-state index in [4.69, 9.17) is 21.4 Å². The van der Waals surface area contributed by atoms with Crippen LogP contribution in [0.1, 0.15) is 15.9 Å². The molecule has 0 radical (unpaired) electrons. The predicted octanol–water partition coefficient (Wildman–Crippen LogP) is 5.70. The molecule has 0 saturated heterocycles. The summed E-state index contributed by atoms with van der Waals surface area (Å²) >= 11 is 8.67. The number of carbonyl (C=O) groups excluding carboxylic acids is 1. The Kier molecular flexibility index (Phi) is 6.01. The van der Waals surface area contributed by atoms with Gasteiger partial charge < -0.3 is 14.5 Å². The molecule has 4 rings (SSSR count). The first-order valence-electron chi connectivity index (χ1n) is 9.37. The topological polar surface area (TPSA) is 76.4 Å². The maximum Gasteiger partial charge on any atom is 0.261 e. The number of aryl methyl sites for hydroxylation is 1. The zero-order valence-electron chi connectivity index (χ0n) is 16.7. The van der Waals surface area contributed by atoms with E-state index in [2.05, 4.69) is 31.5 Å². The summed E-state index contributed by atoms with van der Waals surface area (Å²) in [4.78, 5) is 17.2. The molecule has 1 aromatic heterocycles. The van der Waals surface area contributed by atoms with Gasteiger partial charge in [0.15, 0.2) is 10.7 Å². The minimum absolute atomic E-state index is 0.161. The molecule has 31 heavy (non-hydrogen) atoms. The summed E-state index contributed by atoms with van der Waals surface area (Å²) in [6, 6.07) is 18.5. The van der Waals surface area contributed by atoms with Gasteiger partial charge in [0.2, 0.25) is 5.89 Å². The Hall–Kier alpha value is -3.23. The molecule has 6 nitrogen and oxygen atoms in total. The number of anilines is 1. The number of nitrogens with zero attached hydrogens (tertiary/aromatic N) is 1. The number of benzene rings is 3. The maximum absolute atomic E-state index is 12.6. The lowest BCUT2D eigenvalue weighted by molar-refractivity contribution is 0.0974. The van der Waals surface area contributed by atoms with Crippen molar-refractivity contribution in [2.24, 2.45) is 0 Å². The number of thiocarbonyl (C=S) groups is 1. The summed E-state index contributed by atoms with van der Waals surface area (Å²) in [5, 5.41) is 5.84. The maximum atomic E-state index is 12.6. The van der Waals surface area contributed by atoms with Crippen LogP contribution in [0.4, 0.5) is 5.69 Å². The molecule has 2 N–H and O–H groups in total. The lowest BCUT2D eigenvalue weighted by Gasteiger charge is -2.12. The van der Waals surface area contributed by atoms with E-state index in [9.17, 15) is 4.79 Å². The molecule has 1 amide bonds. The van der Waals surface area contributed by atoms with Gasteiger partial charge >= 0.3 is 0 Å². The number of nitrogens with one attached hydrogen (secondary N) is 2. The highest BCUT2D eigenvalue weighted by molar-refractivity contribution is 9.10. The van der Waals surface area contributed by atoms with Gasteiger partial charge in [-0.2, -0.15) is 0 Å². The van der Waals surface area contributed by atoms with E-state index < -0.39 is 0 Å². The van der Waals surface area contributed by atoms with E-state index in [1.54, 1.807) is 18.2 Å². The number of hydrogen-bond acceptors (Lipinski definition) is 5. The number of methoxy groups -OCH3 is 1. The second kappa shape index (κ2) is 8.87. The van der Waals surface area contributed by atoms with Crippen LogP contribution in [0.15, 0.2) is 69.6 Å². The van der Waals surface area contributed by atoms with Crippen LogP contribution in [0.25, 0.3) is 22.6 Å². The van der Waals surface area contributed by atoms with Gasteiger partial charge in [-0.05, 0) is 67.2 Å². The van der Waals surface area contributed by atoms with Crippen LogP contribution in [-0.4, -0.2) is 23.1 Å². The molecule has 0 aliphatic heterocycles. The molecule has 0 fully saturated rings. The fourth-order valence-electron chi connectivity index (χ4n) is 3.12. The van der Waals surface area contributed by atoms with Crippen molar-refractivity contribution in [3.8, 4) is 17.2 Å². The zero-order valence-corrected chi connectivity index (χ0v) is 19.1. The van der Waals surface area contributed by atoms with E-state index in [1.165, 1.54) is 7.11 Å². The highest BCUT2D eigenvalue weighted by Gasteiger charge is 2.15. The fraction of sp³-hybridized carbons (Fsp3) is 0.0870. The number of carbonyl (C=O) groups is 1. The molecule has 0 atom stereocenters. The van der Waals surface area contributed by atoms with Crippen molar-refractivity contribution in [2.75, 3.05) is 12.4 Å². The van der Waals surface area contributed by atoms with Crippen molar-refractivity contribution < 1.29 is 13.9 Å². The highest BCUT2D eigenvalue weighted by atomic mass is 79.9. The fourth-order valence-corrected chi connectivity index (χ4v) is 3.70. The van der Waals surface area contributed by atoms with E-state index in [-0.39, 0.29) is 11.0 Å². The smallest absolute Gasteiger partial charge is 0.261 e. The summed E-state index contributed by atoms with van der Waals surface area (Å²) in [7, 11) is 1.51. The quantitative estimate of drug-likeness (QED) is 0.353. The number of oxazole rings is 1. The standard InChI is InChI=1S/C23H18BrN3O3S/c1-13-5-3-4-6-16(13)22-26-18-12-15(8-10-20(18)30-22)25-23(31)27-21(28)17-11-14(24)7-9-19(17)29-2/h3-12H,1-2H3,(H2,25,27,28,31). The van der Waals surface area contributed by atoms with Crippen molar-refractivity contribution in [1.82, 2.24) is 10.3 Å². The lowest BCUT2D eigenvalue weighted by Crippen LogP contribution is -2.34. The average Bonchev–Trinajstić information content (AvgIpc) is 3.17. The summed E-state index contributed by atoms with van der Waals surface area (Å²) in [5.74, 6) is 0.638. The van der Waals surface area contributed by atoms with Crippen LogP contribution < -0.4 is 15.4 Å². The summed E-state index contributed by atoms with van der Waals surface area (Å²) in [6.07, 6.45) is 0.